The third-order valence-electron chi connectivity index (χ3n) is 3.20. The van der Waals surface area contributed by atoms with Gasteiger partial charge in [0.2, 0.25) is 11.0 Å². The van der Waals surface area contributed by atoms with Gasteiger partial charge in [-0.15, -0.1) is 0 Å². The lowest BCUT2D eigenvalue weighted by Gasteiger charge is -2.26. The van der Waals surface area contributed by atoms with Crippen LogP contribution in [0, 0.1) is 0 Å². The quantitative estimate of drug-likeness (QED) is 0.924. The molecule has 0 atom stereocenters. The van der Waals surface area contributed by atoms with Crippen molar-refractivity contribution in [3.8, 4) is 0 Å². The van der Waals surface area contributed by atoms with Gasteiger partial charge in [-0.1, -0.05) is 20.8 Å². The van der Waals surface area contributed by atoms with Gasteiger partial charge in [0.15, 0.2) is 0 Å². The van der Waals surface area contributed by atoms with Gasteiger partial charge in [0.25, 0.3) is 0 Å². The number of piperidine rings is 1. The molecule has 6 heteroatoms. The lowest BCUT2D eigenvalue weighted by atomic mass is 9.96. The highest BCUT2D eigenvalue weighted by molar-refractivity contribution is 7.09. The van der Waals surface area contributed by atoms with Crippen LogP contribution in [0.2, 0.25) is 0 Å². The first kappa shape index (κ1) is 14.2. The third kappa shape index (κ3) is 3.89. The summed E-state index contributed by atoms with van der Waals surface area (Å²) in [5.74, 6) is 0.984. The van der Waals surface area contributed by atoms with E-state index in [0.717, 1.165) is 36.9 Å². The monoisotopic (exact) mass is 282 g/mol. The second-order valence-corrected chi connectivity index (χ2v) is 6.72. The molecule has 0 radical (unpaired) electrons. The van der Waals surface area contributed by atoms with E-state index in [4.69, 9.17) is 0 Å². The maximum absolute atomic E-state index is 12.0. The molecule has 1 aliphatic rings. The molecule has 1 aromatic heterocycles. The number of nitrogens with zero attached hydrogens (tertiary/aromatic N) is 3. The van der Waals surface area contributed by atoms with Crippen molar-refractivity contribution in [1.29, 1.82) is 0 Å². The molecular formula is C13H22N4OS. The molecule has 0 spiro atoms. The number of nitrogens with one attached hydrogen (secondary N) is 1. The number of carbonyl (C=O) groups excluding carboxylic acids is 1. The minimum absolute atomic E-state index is 0.0483. The topological polar surface area (TPSA) is 58.1 Å². The Hall–Kier alpha value is -1.17. The summed E-state index contributed by atoms with van der Waals surface area (Å²) in [5, 5.41) is 3.82. The number of amides is 1. The Morgan fingerprint density at radius 1 is 1.32 bits per heavy atom. The van der Waals surface area contributed by atoms with Gasteiger partial charge in [-0.25, -0.2) is 4.98 Å². The zero-order valence-corrected chi connectivity index (χ0v) is 12.7. The Bertz CT molecular complexity index is 432. The van der Waals surface area contributed by atoms with Crippen molar-refractivity contribution in [1.82, 2.24) is 14.3 Å². The largest absolute Gasteiger partial charge is 0.351 e. The summed E-state index contributed by atoms with van der Waals surface area (Å²) in [6.45, 7) is 8.35. The van der Waals surface area contributed by atoms with Gasteiger partial charge in [-0.05, 0) is 19.3 Å². The molecule has 1 fully saturated rings. The third-order valence-corrected chi connectivity index (χ3v) is 3.87. The van der Waals surface area contributed by atoms with E-state index in [9.17, 15) is 4.79 Å². The predicted octanol–water partition coefficient (Wildman–Crippen LogP) is 2.26. The van der Waals surface area contributed by atoms with Crippen LogP contribution >= 0.6 is 11.5 Å². The molecular weight excluding hydrogens is 260 g/mol. The van der Waals surface area contributed by atoms with Crippen LogP contribution in [-0.4, -0.2) is 39.8 Å². The summed E-state index contributed by atoms with van der Waals surface area (Å²) in [5.41, 5.74) is -0.0483. The highest BCUT2D eigenvalue weighted by Gasteiger charge is 2.20. The molecule has 1 amide bonds. The second-order valence-electron chi connectivity index (χ2n) is 5.97. The Morgan fingerprint density at radius 2 is 2.00 bits per heavy atom. The van der Waals surface area contributed by atoms with Crippen molar-refractivity contribution < 1.29 is 4.79 Å². The second kappa shape index (κ2) is 5.86. The summed E-state index contributed by atoms with van der Waals surface area (Å²) in [6.07, 6.45) is 3.49. The van der Waals surface area contributed by atoms with Crippen LogP contribution < -0.4 is 5.32 Å². The number of hydrogen-bond acceptors (Lipinski definition) is 5. The van der Waals surface area contributed by atoms with E-state index in [0.29, 0.717) is 6.54 Å². The van der Waals surface area contributed by atoms with Crippen LogP contribution in [0.4, 0.5) is 5.13 Å². The van der Waals surface area contributed by atoms with E-state index >= 15 is 0 Å². The minimum Gasteiger partial charge on any atom is -0.351 e. The van der Waals surface area contributed by atoms with E-state index in [2.05, 4.69) is 35.4 Å². The molecule has 2 rings (SSSR count). The Kier molecular flexibility index (Phi) is 4.39. The summed E-state index contributed by atoms with van der Waals surface area (Å²) in [6, 6.07) is 0. The van der Waals surface area contributed by atoms with Crippen molar-refractivity contribution in [3.63, 3.8) is 0 Å². The highest BCUT2D eigenvalue weighted by Crippen LogP contribution is 2.22. The van der Waals surface area contributed by atoms with Crippen molar-refractivity contribution in [2.75, 3.05) is 25.0 Å². The molecule has 2 heterocycles. The van der Waals surface area contributed by atoms with E-state index < -0.39 is 0 Å². The Balaban J connectivity index is 1.85. The Morgan fingerprint density at radius 3 is 2.58 bits per heavy atom. The van der Waals surface area contributed by atoms with Gasteiger partial charge < -0.3 is 10.2 Å². The number of hydrogen-bond donors (Lipinski definition) is 1. The van der Waals surface area contributed by atoms with Crippen molar-refractivity contribution in [2.45, 2.75) is 45.4 Å². The molecule has 1 aliphatic heterocycles. The molecule has 5 nitrogen and oxygen atoms in total. The molecule has 0 saturated carbocycles. The fraction of sp³-hybridized carbons (Fsp3) is 0.769. The molecule has 1 saturated heterocycles. The van der Waals surface area contributed by atoms with Crippen LogP contribution in [0.5, 0.6) is 0 Å². The van der Waals surface area contributed by atoms with Crippen molar-refractivity contribution in [3.05, 3.63) is 5.82 Å². The van der Waals surface area contributed by atoms with E-state index in [-0.39, 0.29) is 11.3 Å². The van der Waals surface area contributed by atoms with Gasteiger partial charge >= 0.3 is 0 Å². The lowest BCUT2D eigenvalue weighted by molar-refractivity contribution is -0.130. The number of carbonyl (C=O) groups is 1. The zero-order chi connectivity index (χ0) is 13.9. The van der Waals surface area contributed by atoms with Gasteiger partial charge in [0.1, 0.15) is 5.82 Å². The summed E-state index contributed by atoms with van der Waals surface area (Å²) < 4.78 is 4.32. The summed E-state index contributed by atoms with van der Waals surface area (Å²) in [4.78, 5) is 18.4. The molecule has 0 aromatic carbocycles. The standard InChI is InChI=1S/C13H22N4OS/c1-13(2,3)11-15-12(19-16-11)14-9-10(18)17-7-5-4-6-8-17/h4-9H2,1-3H3,(H,14,15,16). The van der Waals surface area contributed by atoms with Crippen LogP contribution in [-0.2, 0) is 10.2 Å². The smallest absolute Gasteiger partial charge is 0.241 e. The molecule has 106 valence electrons. The average molecular weight is 282 g/mol. The van der Waals surface area contributed by atoms with Gasteiger partial charge in [-0.3, -0.25) is 4.79 Å². The SMILES string of the molecule is CC(C)(C)c1nsc(NCC(=O)N2CCCCC2)n1. The fourth-order valence-corrected chi connectivity index (χ4v) is 2.76. The zero-order valence-electron chi connectivity index (χ0n) is 11.9. The maximum atomic E-state index is 12.0. The number of anilines is 1. The fourth-order valence-electron chi connectivity index (χ4n) is 2.01. The van der Waals surface area contributed by atoms with E-state index in [1.807, 2.05) is 4.90 Å². The minimum atomic E-state index is -0.0483. The van der Waals surface area contributed by atoms with Crippen LogP contribution in [0.15, 0.2) is 0 Å². The number of rotatable bonds is 3. The van der Waals surface area contributed by atoms with Gasteiger partial charge in [-0.2, -0.15) is 4.37 Å². The maximum Gasteiger partial charge on any atom is 0.241 e. The highest BCUT2D eigenvalue weighted by atomic mass is 32.1. The van der Waals surface area contributed by atoms with Crippen molar-refractivity contribution in [2.24, 2.45) is 0 Å². The van der Waals surface area contributed by atoms with E-state index in [1.54, 1.807) is 0 Å². The van der Waals surface area contributed by atoms with Crippen LogP contribution in [0.3, 0.4) is 0 Å². The molecule has 0 unspecified atom stereocenters. The molecule has 1 N–H and O–H groups in total. The van der Waals surface area contributed by atoms with E-state index in [1.165, 1.54) is 18.0 Å². The lowest BCUT2D eigenvalue weighted by Crippen LogP contribution is -2.39. The summed E-state index contributed by atoms with van der Waals surface area (Å²) in [7, 11) is 0. The van der Waals surface area contributed by atoms with Gasteiger partial charge in [0.05, 0.1) is 6.54 Å². The normalized spacial score (nSPS) is 16.5. The van der Waals surface area contributed by atoms with Crippen LogP contribution in [0.25, 0.3) is 0 Å². The molecule has 0 aliphatic carbocycles. The molecule has 19 heavy (non-hydrogen) atoms. The number of aromatic nitrogens is 2. The average Bonchev–Trinajstić information content (AvgIpc) is 2.86. The van der Waals surface area contributed by atoms with Crippen molar-refractivity contribution >= 4 is 22.6 Å². The van der Waals surface area contributed by atoms with Gasteiger partial charge in [0, 0.05) is 30.0 Å². The first-order valence-electron chi connectivity index (χ1n) is 6.82. The number of likely N-dealkylation sites (tertiary alicyclic amines) is 1. The molecule has 0 bridgehead atoms. The first-order chi connectivity index (χ1) is 8.97. The Labute approximate surface area is 118 Å². The summed E-state index contributed by atoms with van der Waals surface area (Å²) >= 11 is 1.32. The predicted molar refractivity (Wildman–Crippen MR) is 77.5 cm³/mol. The first-order valence-corrected chi connectivity index (χ1v) is 7.60. The molecule has 1 aromatic rings. The van der Waals surface area contributed by atoms with Crippen LogP contribution in [0.1, 0.15) is 45.9 Å².